The molecule has 0 aliphatic heterocycles. The maximum atomic E-state index is 2.45. The molecule has 8 unspecified atom stereocenters. The van der Waals surface area contributed by atoms with Crippen LogP contribution in [0.3, 0.4) is 0 Å². The van der Waals surface area contributed by atoms with Gasteiger partial charge in [0.05, 0.1) is 0 Å². The summed E-state index contributed by atoms with van der Waals surface area (Å²) in [5, 5.41) is 0. The molecule has 0 saturated heterocycles. The quantitative estimate of drug-likeness (QED) is 0.218. The van der Waals surface area contributed by atoms with E-state index in [-0.39, 0.29) is 55.5 Å². The fraction of sp³-hybridized carbons (Fsp3) is 0.600. The van der Waals surface area contributed by atoms with E-state index in [0.717, 1.165) is 47.3 Å². The minimum atomic E-state index is 0. The van der Waals surface area contributed by atoms with Crippen LogP contribution in [-0.4, -0.2) is 0 Å². The molecule has 0 aromatic heterocycles. The van der Waals surface area contributed by atoms with E-state index in [1.165, 1.54) is 70.6 Å². The maximum absolute atomic E-state index is 2.45. The van der Waals surface area contributed by atoms with E-state index in [9.17, 15) is 0 Å². The number of hydrogen-bond donors (Lipinski definition) is 0. The van der Waals surface area contributed by atoms with Crippen molar-refractivity contribution in [2.75, 3.05) is 0 Å². The summed E-state index contributed by atoms with van der Waals surface area (Å²) >= 11 is 0. The molecular weight excluding hydrogens is 659 g/mol. The Morgan fingerprint density at radius 1 is 0.415 bits per heavy atom. The third-order valence-corrected chi connectivity index (χ3v) is 12.6. The predicted octanol–water partition coefficient (Wildman–Crippen LogP) is 12.0. The van der Waals surface area contributed by atoms with E-state index in [4.69, 9.17) is 0 Å². The molecule has 1 heteroatoms. The van der Waals surface area contributed by atoms with Crippen molar-refractivity contribution >= 4 is 0 Å². The molecule has 5 aliphatic carbocycles. The number of hydrogen-bond acceptors (Lipinski definition) is 0. The van der Waals surface area contributed by atoms with Crippen molar-refractivity contribution in [2.24, 2.45) is 40.9 Å². The zero-order valence-corrected chi connectivity index (χ0v) is 30.6. The zero-order valence-electron chi connectivity index (χ0n) is 27.0. The Balaban J connectivity index is 0.00000118. The molecule has 0 radical (unpaired) electrons. The molecule has 0 spiro atoms. The fourth-order valence-corrected chi connectivity index (χ4v) is 11.5. The number of fused-ring (bicyclic) bond motifs is 2. The topological polar surface area (TPSA) is 0 Å². The molecule has 0 N–H and O–H groups in total. The van der Waals surface area contributed by atoms with E-state index in [2.05, 4.69) is 60.7 Å². The second-order valence-corrected chi connectivity index (χ2v) is 13.7. The Kier molecular flexibility index (Phi) is 14.1. The van der Waals surface area contributed by atoms with Gasteiger partial charge in [-0.1, -0.05) is 92.8 Å². The summed E-state index contributed by atoms with van der Waals surface area (Å²) in [6.07, 6.45) is 22.7. The normalized spacial score (nSPS) is 35.0. The summed E-state index contributed by atoms with van der Waals surface area (Å²) < 4.78 is 0. The Labute approximate surface area is 275 Å². The summed E-state index contributed by atoms with van der Waals surface area (Å²) in [5.41, 5.74) is 3.99. The van der Waals surface area contributed by atoms with Crippen LogP contribution in [0.15, 0.2) is 60.7 Å². The van der Waals surface area contributed by atoms with Gasteiger partial charge in [-0.2, -0.15) is 0 Å². The molecule has 2 aromatic rings. The van der Waals surface area contributed by atoms with Crippen LogP contribution in [0, 0.1) is 70.6 Å². The monoisotopic (exact) mass is 720 g/mol. The molecule has 0 nitrogen and oxygen atoms in total. The van der Waals surface area contributed by atoms with Crippen LogP contribution in [-0.2, 0) is 25.8 Å². The largest absolute Gasteiger partial charge is 4.00 e. The van der Waals surface area contributed by atoms with Gasteiger partial charge in [-0.05, 0) is 128 Å². The van der Waals surface area contributed by atoms with Gasteiger partial charge in [0.1, 0.15) is 0 Å². The summed E-state index contributed by atoms with van der Waals surface area (Å²) in [4.78, 5) is 0. The van der Waals surface area contributed by atoms with Gasteiger partial charge in [0.2, 0.25) is 0 Å². The molecule has 0 heterocycles. The SMILES string of the molecule is [CH3-].[CH3-].[CH3-].[CH3-].[Hf+4].c1ccc(C2CCCC3C2CCC3C2(C3CCC4C(c5ccccc5)CCCC43)CCCCC2)cc1. The molecule has 41 heavy (non-hydrogen) atoms. The molecule has 8 atom stereocenters. The Hall–Kier alpha value is -0.690. The standard InChI is InChI=1S/C36H48.4CH3.Hf/c1-4-12-26(13-5-1)28-16-10-18-32-30(28)20-22-34(32)36(24-8-3-9-25-36)35-23-21-31-29(17-11-19-33(31)35)27-14-6-2-7-15-27;;;;;/h1-2,4-7,12-15,28-35H,3,8-11,16-25H2;4*1H3;/q;4*-1;+4. The summed E-state index contributed by atoms with van der Waals surface area (Å²) in [7, 11) is 0. The molecule has 2 aromatic carbocycles. The van der Waals surface area contributed by atoms with Crippen LogP contribution < -0.4 is 0 Å². The van der Waals surface area contributed by atoms with Crippen LogP contribution >= 0.6 is 0 Å². The maximum Gasteiger partial charge on any atom is 4.00 e. The van der Waals surface area contributed by atoms with Crippen LogP contribution in [0.2, 0.25) is 0 Å². The van der Waals surface area contributed by atoms with E-state index in [0.29, 0.717) is 5.41 Å². The van der Waals surface area contributed by atoms with E-state index in [1.807, 2.05) is 0 Å². The zero-order chi connectivity index (χ0) is 24.0. The van der Waals surface area contributed by atoms with Gasteiger partial charge in [0.15, 0.2) is 0 Å². The van der Waals surface area contributed by atoms with E-state index >= 15 is 0 Å². The molecule has 5 aliphatic rings. The Bertz CT molecular complexity index is 916. The third-order valence-electron chi connectivity index (χ3n) is 12.6. The van der Waals surface area contributed by atoms with Crippen molar-refractivity contribution in [3.8, 4) is 0 Å². The smallest absolute Gasteiger partial charge is 0.358 e. The van der Waals surface area contributed by atoms with E-state index in [1.54, 1.807) is 36.8 Å². The first-order valence-corrected chi connectivity index (χ1v) is 15.9. The second-order valence-electron chi connectivity index (χ2n) is 13.7. The minimum Gasteiger partial charge on any atom is -0.358 e. The number of rotatable bonds is 4. The second kappa shape index (κ2) is 15.9. The van der Waals surface area contributed by atoms with Crippen LogP contribution in [0.5, 0.6) is 0 Å². The Morgan fingerprint density at radius 2 is 0.829 bits per heavy atom. The fourth-order valence-electron chi connectivity index (χ4n) is 11.5. The van der Waals surface area contributed by atoms with Gasteiger partial charge in [0, 0.05) is 0 Å². The summed E-state index contributed by atoms with van der Waals surface area (Å²) in [5.74, 6) is 7.67. The Morgan fingerprint density at radius 3 is 1.24 bits per heavy atom. The van der Waals surface area contributed by atoms with Gasteiger partial charge in [-0.15, -0.1) is 0 Å². The van der Waals surface area contributed by atoms with Crippen molar-refractivity contribution < 1.29 is 25.8 Å². The first-order chi connectivity index (χ1) is 17.9. The van der Waals surface area contributed by atoms with Crippen molar-refractivity contribution in [3.63, 3.8) is 0 Å². The molecule has 5 fully saturated rings. The first kappa shape index (κ1) is 36.5. The van der Waals surface area contributed by atoms with Crippen LogP contribution in [0.25, 0.3) is 0 Å². The summed E-state index contributed by atoms with van der Waals surface area (Å²) in [6, 6.07) is 23.4. The van der Waals surface area contributed by atoms with Crippen molar-refractivity contribution in [1.29, 1.82) is 0 Å². The van der Waals surface area contributed by atoms with Crippen molar-refractivity contribution in [1.82, 2.24) is 0 Å². The molecule has 0 amide bonds. The average molecular weight is 719 g/mol. The molecule has 5 saturated carbocycles. The van der Waals surface area contributed by atoms with Gasteiger partial charge in [-0.3, -0.25) is 0 Å². The minimum absolute atomic E-state index is 0. The predicted molar refractivity (Wildman–Crippen MR) is 177 cm³/mol. The van der Waals surface area contributed by atoms with Gasteiger partial charge in [-0.25, -0.2) is 0 Å². The molecule has 0 bridgehead atoms. The first-order valence-electron chi connectivity index (χ1n) is 15.9. The van der Waals surface area contributed by atoms with Crippen molar-refractivity contribution in [2.45, 2.75) is 108 Å². The molecule has 224 valence electrons. The summed E-state index contributed by atoms with van der Waals surface area (Å²) in [6.45, 7) is 0. The van der Waals surface area contributed by atoms with E-state index < -0.39 is 0 Å². The van der Waals surface area contributed by atoms with Crippen LogP contribution in [0.4, 0.5) is 0 Å². The van der Waals surface area contributed by atoms with Crippen molar-refractivity contribution in [3.05, 3.63) is 101 Å². The molecule has 7 rings (SSSR count). The van der Waals surface area contributed by atoms with Gasteiger partial charge < -0.3 is 29.7 Å². The van der Waals surface area contributed by atoms with Gasteiger partial charge >= 0.3 is 25.8 Å². The van der Waals surface area contributed by atoms with Crippen LogP contribution in [0.1, 0.15) is 119 Å². The third kappa shape index (κ3) is 6.56. The van der Waals surface area contributed by atoms with Gasteiger partial charge in [0.25, 0.3) is 0 Å². The average Bonchev–Trinajstić information content (AvgIpc) is 3.60. The number of benzene rings is 2. The molecular formula is C40H60Hf.